The maximum atomic E-state index is 13.6. The Morgan fingerprint density at radius 3 is 2.49 bits per heavy atom. The summed E-state index contributed by atoms with van der Waals surface area (Å²) in [6.45, 7) is 5.22. The van der Waals surface area contributed by atoms with E-state index in [1.54, 1.807) is 7.11 Å². The van der Waals surface area contributed by atoms with Gasteiger partial charge in [-0.2, -0.15) is 5.10 Å². The Hall–Kier alpha value is -4.06. The molecule has 1 atom stereocenters. The van der Waals surface area contributed by atoms with E-state index in [-0.39, 0.29) is 11.9 Å². The Morgan fingerprint density at radius 1 is 1.00 bits per heavy atom. The molecule has 1 aliphatic rings. The van der Waals surface area contributed by atoms with E-state index in [1.165, 1.54) is 5.56 Å². The Kier molecular flexibility index (Phi) is 6.27. The zero-order valence-electron chi connectivity index (χ0n) is 20.2. The van der Waals surface area contributed by atoms with Crippen molar-refractivity contribution < 1.29 is 14.3 Å². The number of aromatic nitrogens is 2. The van der Waals surface area contributed by atoms with Gasteiger partial charge < -0.3 is 14.4 Å². The summed E-state index contributed by atoms with van der Waals surface area (Å²) in [5.41, 5.74) is 6.37. The highest BCUT2D eigenvalue weighted by molar-refractivity contribution is 6.00. The summed E-state index contributed by atoms with van der Waals surface area (Å²) in [6.07, 6.45) is 0.908. The summed E-state index contributed by atoms with van der Waals surface area (Å²) in [7, 11) is 1.64. The molecule has 1 N–H and O–H groups in total. The van der Waals surface area contributed by atoms with Gasteiger partial charge in [0.1, 0.15) is 5.69 Å². The quantitative estimate of drug-likeness (QED) is 0.349. The number of hydrogen-bond donors (Lipinski definition) is 1. The number of rotatable bonds is 8. The lowest BCUT2D eigenvalue weighted by Gasteiger charge is -2.27. The molecule has 0 bridgehead atoms. The number of benzene rings is 3. The number of fused-ring (bicyclic) bond motifs is 1. The van der Waals surface area contributed by atoms with Crippen LogP contribution in [0.1, 0.15) is 52.1 Å². The minimum Gasteiger partial charge on any atom is -0.493 e. The summed E-state index contributed by atoms with van der Waals surface area (Å²) >= 11 is 0. The minimum absolute atomic E-state index is 0.0648. The third-order valence-corrected chi connectivity index (χ3v) is 6.35. The van der Waals surface area contributed by atoms with E-state index < -0.39 is 0 Å². The van der Waals surface area contributed by atoms with Gasteiger partial charge in [-0.05, 0) is 36.6 Å². The second-order valence-corrected chi connectivity index (χ2v) is 8.81. The molecule has 2 heterocycles. The van der Waals surface area contributed by atoms with Crippen LogP contribution < -0.4 is 9.47 Å². The van der Waals surface area contributed by atoms with Gasteiger partial charge >= 0.3 is 0 Å². The van der Waals surface area contributed by atoms with Crippen LogP contribution in [0, 0.1) is 6.92 Å². The molecule has 35 heavy (non-hydrogen) atoms. The number of aromatic amines is 1. The van der Waals surface area contributed by atoms with E-state index in [4.69, 9.17) is 9.47 Å². The van der Waals surface area contributed by atoms with Gasteiger partial charge in [0, 0.05) is 17.7 Å². The van der Waals surface area contributed by atoms with E-state index in [1.807, 2.05) is 53.4 Å². The summed E-state index contributed by atoms with van der Waals surface area (Å²) in [4.78, 5) is 15.5. The van der Waals surface area contributed by atoms with Crippen LogP contribution in [0.4, 0.5) is 0 Å². The molecule has 6 heteroatoms. The highest BCUT2D eigenvalue weighted by atomic mass is 16.5. The fourth-order valence-corrected chi connectivity index (χ4v) is 4.60. The largest absolute Gasteiger partial charge is 0.493 e. The van der Waals surface area contributed by atoms with Gasteiger partial charge in [-0.1, -0.05) is 73.2 Å². The molecule has 0 fully saturated rings. The van der Waals surface area contributed by atoms with Crippen LogP contribution in [0.5, 0.6) is 11.5 Å². The molecule has 0 spiro atoms. The first kappa shape index (κ1) is 22.7. The number of nitrogens with zero attached hydrogens (tertiary/aromatic N) is 2. The van der Waals surface area contributed by atoms with Crippen molar-refractivity contribution in [3.8, 4) is 22.8 Å². The van der Waals surface area contributed by atoms with Crippen LogP contribution in [0.3, 0.4) is 0 Å². The monoisotopic (exact) mass is 467 g/mol. The third kappa shape index (κ3) is 4.28. The molecule has 0 saturated carbocycles. The Morgan fingerprint density at radius 2 is 1.77 bits per heavy atom. The average Bonchev–Trinajstić information content (AvgIpc) is 3.43. The molecule has 5 rings (SSSR count). The first-order valence-electron chi connectivity index (χ1n) is 11.9. The van der Waals surface area contributed by atoms with Crippen molar-refractivity contribution in [3.05, 3.63) is 101 Å². The molecular weight excluding hydrogens is 438 g/mol. The van der Waals surface area contributed by atoms with Gasteiger partial charge in [0.2, 0.25) is 0 Å². The number of aryl methyl sites for hydroxylation is 1. The lowest BCUT2D eigenvalue weighted by molar-refractivity contribution is 0.0730. The fraction of sp³-hybridized carbons (Fsp3) is 0.241. The van der Waals surface area contributed by atoms with E-state index in [0.717, 1.165) is 34.4 Å². The first-order chi connectivity index (χ1) is 17.1. The number of nitrogens with one attached hydrogen (secondary N) is 1. The topological polar surface area (TPSA) is 67.5 Å². The fourth-order valence-electron chi connectivity index (χ4n) is 4.60. The summed E-state index contributed by atoms with van der Waals surface area (Å²) in [5.74, 6) is 1.28. The van der Waals surface area contributed by atoms with Gasteiger partial charge in [-0.15, -0.1) is 0 Å². The van der Waals surface area contributed by atoms with Gasteiger partial charge in [0.05, 0.1) is 25.5 Å². The average molecular weight is 468 g/mol. The van der Waals surface area contributed by atoms with Crippen LogP contribution in [0.15, 0.2) is 72.8 Å². The number of carbonyl (C=O) groups excluding carboxylic acids is 1. The standard InChI is InChI=1S/C29H29N3O3/c1-4-16-35-23-15-14-22(17-24(23)34-3)28-25-26(21-12-10-19(2)11-13-21)30-31-27(25)29(33)32(28)18-20-8-6-5-7-9-20/h5-15,17,28H,4,16,18H2,1-3H3,(H,30,31). The van der Waals surface area contributed by atoms with Gasteiger partial charge in [0.15, 0.2) is 11.5 Å². The van der Waals surface area contributed by atoms with Gasteiger partial charge in [-0.3, -0.25) is 9.89 Å². The van der Waals surface area contributed by atoms with Crippen molar-refractivity contribution >= 4 is 5.91 Å². The molecule has 3 aromatic carbocycles. The number of H-pyrrole nitrogens is 1. The zero-order valence-corrected chi connectivity index (χ0v) is 20.2. The van der Waals surface area contributed by atoms with E-state index >= 15 is 0 Å². The second kappa shape index (κ2) is 9.66. The predicted octanol–water partition coefficient (Wildman–Crippen LogP) is 5.93. The zero-order chi connectivity index (χ0) is 24.4. The lowest BCUT2D eigenvalue weighted by Crippen LogP contribution is -2.29. The van der Waals surface area contributed by atoms with Crippen molar-refractivity contribution in [1.82, 2.24) is 15.1 Å². The highest BCUT2D eigenvalue weighted by Gasteiger charge is 2.42. The molecular formula is C29H29N3O3. The maximum absolute atomic E-state index is 13.6. The lowest BCUT2D eigenvalue weighted by atomic mass is 9.95. The summed E-state index contributed by atoms with van der Waals surface area (Å²) < 4.78 is 11.5. The molecule has 0 saturated heterocycles. The van der Waals surface area contributed by atoms with Crippen molar-refractivity contribution in [1.29, 1.82) is 0 Å². The van der Waals surface area contributed by atoms with Crippen molar-refractivity contribution in [2.45, 2.75) is 32.9 Å². The maximum Gasteiger partial charge on any atom is 0.273 e. The number of methoxy groups -OCH3 is 1. The smallest absolute Gasteiger partial charge is 0.273 e. The van der Waals surface area contributed by atoms with Crippen molar-refractivity contribution in [2.24, 2.45) is 0 Å². The summed E-state index contributed by atoms with van der Waals surface area (Å²) in [6, 6.07) is 23.9. The first-order valence-corrected chi connectivity index (χ1v) is 11.9. The Labute approximate surface area is 205 Å². The second-order valence-electron chi connectivity index (χ2n) is 8.81. The van der Waals surface area contributed by atoms with E-state index in [2.05, 4.69) is 48.3 Å². The van der Waals surface area contributed by atoms with Gasteiger partial charge in [0.25, 0.3) is 5.91 Å². The molecule has 1 unspecified atom stereocenters. The predicted molar refractivity (Wildman–Crippen MR) is 136 cm³/mol. The molecule has 1 aliphatic heterocycles. The van der Waals surface area contributed by atoms with Crippen molar-refractivity contribution in [3.63, 3.8) is 0 Å². The molecule has 1 amide bonds. The number of carbonyl (C=O) groups is 1. The van der Waals surface area contributed by atoms with Crippen LogP contribution in [0.25, 0.3) is 11.3 Å². The molecule has 4 aromatic rings. The molecule has 0 radical (unpaired) electrons. The number of hydrogen-bond acceptors (Lipinski definition) is 4. The van der Waals surface area contributed by atoms with Crippen LogP contribution in [0.2, 0.25) is 0 Å². The normalized spacial score (nSPS) is 14.8. The van der Waals surface area contributed by atoms with Gasteiger partial charge in [-0.25, -0.2) is 0 Å². The molecule has 178 valence electrons. The van der Waals surface area contributed by atoms with Crippen LogP contribution in [-0.4, -0.2) is 34.7 Å². The molecule has 0 aliphatic carbocycles. The highest BCUT2D eigenvalue weighted by Crippen LogP contribution is 2.45. The summed E-state index contributed by atoms with van der Waals surface area (Å²) in [5, 5.41) is 7.61. The Balaban J connectivity index is 1.63. The number of amides is 1. The van der Waals surface area contributed by atoms with E-state index in [0.29, 0.717) is 30.3 Å². The van der Waals surface area contributed by atoms with Crippen LogP contribution >= 0.6 is 0 Å². The minimum atomic E-state index is -0.318. The van der Waals surface area contributed by atoms with Crippen LogP contribution in [-0.2, 0) is 6.54 Å². The van der Waals surface area contributed by atoms with E-state index in [9.17, 15) is 4.79 Å². The molecule has 6 nitrogen and oxygen atoms in total. The number of ether oxygens (including phenoxy) is 2. The van der Waals surface area contributed by atoms with Crippen molar-refractivity contribution in [2.75, 3.05) is 13.7 Å². The molecule has 1 aromatic heterocycles. The SMILES string of the molecule is CCCOc1ccc(C2c3c(-c4ccc(C)cc4)n[nH]c3C(=O)N2Cc2ccccc2)cc1OC. The Bertz CT molecular complexity index is 1330. The third-order valence-electron chi connectivity index (χ3n) is 6.35.